The molecule has 0 aliphatic rings. The molecule has 0 atom stereocenters. The highest BCUT2D eigenvalue weighted by atomic mass is 35.5. The zero-order valence-electron chi connectivity index (χ0n) is 26.1. The summed E-state index contributed by atoms with van der Waals surface area (Å²) in [4.78, 5) is 0. The zero-order chi connectivity index (χ0) is 32.5. The molecule has 232 valence electrons. The van der Waals surface area contributed by atoms with Gasteiger partial charge in [0.25, 0.3) is 0 Å². The van der Waals surface area contributed by atoms with E-state index in [9.17, 15) is 0 Å². The highest BCUT2D eigenvalue weighted by Crippen LogP contribution is 2.18. The van der Waals surface area contributed by atoms with Gasteiger partial charge in [-0.05, 0) is 65.2 Å². The van der Waals surface area contributed by atoms with Crippen molar-refractivity contribution >= 4 is 35.4 Å². The Hall–Kier alpha value is -5.78. The number of halogens is 1. The molecule has 47 heavy (non-hydrogen) atoms. The minimum Gasteiger partial charge on any atom is -0.497 e. The molecule has 6 aromatic carbocycles. The molecule has 0 spiro atoms. The molecule has 5 nitrogen and oxygen atoms in total. The van der Waals surface area contributed by atoms with Gasteiger partial charge in [-0.15, -0.1) is 5.10 Å². The molecule has 0 aliphatic heterocycles. The summed E-state index contributed by atoms with van der Waals surface area (Å²) in [6.07, 6.45) is 3.59. The summed E-state index contributed by atoms with van der Waals surface area (Å²) < 4.78 is 5.19. The largest absolute Gasteiger partial charge is 0.497 e. The molecule has 0 amide bonds. The number of hydrogen-bond acceptors (Lipinski definition) is 5. The average Bonchev–Trinajstić information content (AvgIpc) is 3.14. The summed E-state index contributed by atoms with van der Waals surface area (Å²) in [6.45, 7) is 0.720. The lowest BCUT2D eigenvalue weighted by molar-refractivity contribution is 0.415. The second-order valence-corrected chi connectivity index (χ2v) is 10.8. The summed E-state index contributed by atoms with van der Waals surface area (Å²) in [5.74, 6) is 0.844. The van der Waals surface area contributed by atoms with Crippen LogP contribution < -0.4 is 9.75 Å². The highest BCUT2D eigenvalue weighted by Gasteiger charge is 2.06. The van der Waals surface area contributed by atoms with Crippen LogP contribution in [0.1, 0.15) is 27.8 Å². The number of para-hydroxylation sites is 1. The maximum Gasteiger partial charge on any atom is 0.118 e. The number of ether oxygens (including phenoxy) is 1. The Labute approximate surface area is 281 Å². The van der Waals surface area contributed by atoms with Crippen LogP contribution in [0.25, 0.3) is 0 Å². The van der Waals surface area contributed by atoms with Crippen LogP contribution in [-0.2, 0) is 6.54 Å². The van der Waals surface area contributed by atoms with E-state index in [1.54, 1.807) is 13.3 Å². The molecule has 6 aromatic rings. The van der Waals surface area contributed by atoms with Gasteiger partial charge in [0.15, 0.2) is 0 Å². The topological polar surface area (TPSA) is 49.5 Å². The molecular formula is C41H35ClN4O. The van der Waals surface area contributed by atoms with Crippen molar-refractivity contribution in [2.24, 2.45) is 15.3 Å². The number of anilines is 1. The van der Waals surface area contributed by atoms with E-state index in [2.05, 4.69) is 39.6 Å². The molecule has 0 N–H and O–H groups in total. The van der Waals surface area contributed by atoms with Crippen molar-refractivity contribution in [3.63, 3.8) is 0 Å². The van der Waals surface area contributed by atoms with Gasteiger partial charge in [0.2, 0.25) is 0 Å². The van der Waals surface area contributed by atoms with Crippen molar-refractivity contribution in [2.45, 2.75) is 6.54 Å². The summed E-state index contributed by atoms with van der Waals surface area (Å²) in [6, 6.07) is 56.0. The second kappa shape index (κ2) is 17.6. The highest BCUT2D eigenvalue weighted by molar-refractivity contribution is 6.30. The number of hydrazone groups is 1. The lowest BCUT2D eigenvalue weighted by atomic mass is 10.0. The fourth-order valence-electron chi connectivity index (χ4n) is 4.56. The van der Waals surface area contributed by atoms with Gasteiger partial charge in [0, 0.05) is 16.1 Å². The molecule has 0 saturated heterocycles. The van der Waals surface area contributed by atoms with E-state index < -0.39 is 0 Å². The van der Waals surface area contributed by atoms with Crippen LogP contribution >= 0.6 is 11.6 Å². The quantitative estimate of drug-likeness (QED) is 0.111. The van der Waals surface area contributed by atoms with Gasteiger partial charge in [-0.3, -0.25) is 5.01 Å². The summed E-state index contributed by atoms with van der Waals surface area (Å²) in [5.41, 5.74) is 7.18. The van der Waals surface area contributed by atoms with Gasteiger partial charge in [0.05, 0.1) is 31.8 Å². The van der Waals surface area contributed by atoms with Gasteiger partial charge < -0.3 is 4.74 Å². The minimum atomic E-state index is 0.708. The lowest BCUT2D eigenvalue weighted by Gasteiger charge is -2.19. The Morgan fingerprint density at radius 1 is 0.596 bits per heavy atom. The van der Waals surface area contributed by atoms with Gasteiger partial charge in [-0.2, -0.15) is 10.2 Å². The summed E-state index contributed by atoms with van der Waals surface area (Å²) in [5, 5.41) is 16.1. The first kappa shape index (κ1) is 32.6. The van der Waals surface area contributed by atoms with Gasteiger partial charge in [0.1, 0.15) is 11.5 Å². The molecule has 0 saturated carbocycles. The fraction of sp³-hybridized carbons (Fsp3) is 0.0488. The molecule has 0 aromatic heterocycles. The molecule has 6 heteroatoms. The summed E-state index contributed by atoms with van der Waals surface area (Å²) >= 11 is 5.88. The Morgan fingerprint density at radius 3 is 1.64 bits per heavy atom. The Bertz CT molecular complexity index is 1820. The number of rotatable bonds is 10. The van der Waals surface area contributed by atoms with Crippen molar-refractivity contribution in [1.82, 2.24) is 0 Å². The third-order valence-electron chi connectivity index (χ3n) is 7.02. The molecule has 0 fully saturated rings. The maximum atomic E-state index is 5.88. The van der Waals surface area contributed by atoms with Crippen molar-refractivity contribution in [3.05, 3.63) is 203 Å². The van der Waals surface area contributed by atoms with Crippen molar-refractivity contribution < 1.29 is 4.74 Å². The van der Waals surface area contributed by atoms with Crippen molar-refractivity contribution in [2.75, 3.05) is 12.1 Å². The standard InChI is InChI=1S/C21H20N2O.C20H15ClN2/c1-24-21-14-12-18(13-15-21)16-22-23(20-10-6-3-7-11-20)17-19-8-4-2-5-9-19;21-19-13-11-16(12-14-19)15-22-23-20(17-7-3-1-4-8-17)18-9-5-2-6-10-18/h2-16H,17H2,1H3;1-15H. The van der Waals surface area contributed by atoms with E-state index in [0.717, 1.165) is 45.9 Å². The maximum absolute atomic E-state index is 5.88. The first-order valence-corrected chi connectivity index (χ1v) is 15.6. The molecule has 0 aliphatic carbocycles. The van der Waals surface area contributed by atoms with E-state index in [-0.39, 0.29) is 0 Å². The molecule has 0 unspecified atom stereocenters. The summed E-state index contributed by atoms with van der Waals surface area (Å²) in [7, 11) is 1.67. The zero-order valence-corrected chi connectivity index (χ0v) is 26.9. The SMILES string of the molecule is COc1ccc(C=NN(Cc2ccccc2)c2ccccc2)cc1.Clc1ccc(C=NN=C(c2ccccc2)c2ccccc2)cc1. The van der Waals surface area contributed by atoms with Crippen LogP contribution in [0, 0.1) is 0 Å². The fourth-order valence-corrected chi connectivity index (χ4v) is 4.68. The van der Waals surface area contributed by atoms with E-state index in [1.165, 1.54) is 5.56 Å². The van der Waals surface area contributed by atoms with E-state index in [0.29, 0.717) is 5.02 Å². The Balaban J connectivity index is 0.000000185. The number of nitrogens with zero attached hydrogens (tertiary/aromatic N) is 4. The van der Waals surface area contributed by atoms with Gasteiger partial charge in [-0.1, -0.05) is 133 Å². The van der Waals surface area contributed by atoms with Crippen molar-refractivity contribution in [3.8, 4) is 5.75 Å². The predicted molar refractivity (Wildman–Crippen MR) is 197 cm³/mol. The van der Waals surface area contributed by atoms with E-state index in [1.807, 2.05) is 157 Å². The molecule has 6 rings (SSSR count). The van der Waals surface area contributed by atoms with Crippen LogP contribution in [0.3, 0.4) is 0 Å². The average molecular weight is 635 g/mol. The number of hydrogen-bond donors (Lipinski definition) is 0. The molecule has 0 bridgehead atoms. The lowest BCUT2D eigenvalue weighted by Crippen LogP contribution is -2.15. The second-order valence-electron chi connectivity index (χ2n) is 10.4. The third-order valence-corrected chi connectivity index (χ3v) is 7.27. The van der Waals surface area contributed by atoms with Crippen LogP contribution in [0.4, 0.5) is 5.69 Å². The van der Waals surface area contributed by atoms with Gasteiger partial charge in [-0.25, -0.2) is 0 Å². The molecular weight excluding hydrogens is 600 g/mol. The number of benzene rings is 6. The predicted octanol–water partition coefficient (Wildman–Crippen LogP) is 9.95. The molecule has 0 heterocycles. The van der Waals surface area contributed by atoms with Crippen LogP contribution in [-0.4, -0.2) is 25.3 Å². The molecule has 0 radical (unpaired) electrons. The van der Waals surface area contributed by atoms with Crippen LogP contribution in [0.5, 0.6) is 5.75 Å². The first-order chi connectivity index (χ1) is 23.2. The Kier molecular flexibility index (Phi) is 12.2. The first-order valence-electron chi connectivity index (χ1n) is 15.2. The van der Waals surface area contributed by atoms with E-state index in [4.69, 9.17) is 16.3 Å². The smallest absolute Gasteiger partial charge is 0.118 e. The Morgan fingerprint density at radius 2 is 1.09 bits per heavy atom. The third kappa shape index (κ3) is 10.4. The van der Waals surface area contributed by atoms with Gasteiger partial charge >= 0.3 is 0 Å². The van der Waals surface area contributed by atoms with E-state index >= 15 is 0 Å². The monoisotopic (exact) mass is 634 g/mol. The normalized spacial score (nSPS) is 10.7. The number of methoxy groups -OCH3 is 1. The minimum absolute atomic E-state index is 0.708. The van der Waals surface area contributed by atoms with Crippen LogP contribution in [0.2, 0.25) is 5.02 Å². The van der Waals surface area contributed by atoms with Crippen LogP contribution in [0.15, 0.2) is 185 Å². The van der Waals surface area contributed by atoms with Crippen molar-refractivity contribution in [1.29, 1.82) is 0 Å².